The second-order valence-electron chi connectivity index (χ2n) is 4.66. The van der Waals surface area contributed by atoms with Gasteiger partial charge in [0.25, 0.3) is 0 Å². The van der Waals surface area contributed by atoms with E-state index in [1.165, 1.54) is 0 Å². The van der Waals surface area contributed by atoms with Crippen LogP contribution in [0.15, 0.2) is 24.3 Å². The Balaban J connectivity index is 2.30. The SMILES string of the molecule is COCc1ccccc1C(C(=O)O)N1CCNCC1. The number of piperazine rings is 1. The molecule has 5 nitrogen and oxygen atoms in total. The van der Waals surface area contributed by atoms with Crippen molar-refractivity contribution in [1.29, 1.82) is 0 Å². The number of carboxylic acid groups (broad SMARTS) is 1. The molecule has 0 bridgehead atoms. The Morgan fingerprint density at radius 2 is 2.11 bits per heavy atom. The highest BCUT2D eigenvalue weighted by atomic mass is 16.5. The lowest BCUT2D eigenvalue weighted by molar-refractivity contribution is -0.143. The van der Waals surface area contributed by atoms with E-state index in [0.717, 1.165) is 37.3 Å². The molecule has 1 atom stereocenters. The van der Waals surface area contributed by atoms with Gasteiger partial charge in [-0.05, 0) is 11.1 Å². The van der Waals surface area contributed by atoms with E-state index >= 15 is 0 Å². The molecule has 0 aliphatic carbocycles. The predicted molar refractivity (Wildman–Crippen MR) is 72.0 cm³/mol. The molecule has 0 saturated carbocycles. The van der Waals surface area contributed by atoms with Gasteiger partial charge in [-0.3, -0.25) is 9.69 Å². The number of hydrogen-bond donors (Lipinski definition) is 2. The molecule has 0 spiro atoms. The van der Waals surface area contributed by atoms with Gasteiger partial charge in [-0.15, -0.1) is 0 Å². The zero-order valence-electron chi connectivity index (χ0n) is 11.1. The van der Waals surface area contributed by atoms with Crippen LogP contribution in [0.3, 0.4) is 0 Å². The third-order valence-electron chi connectivity index (χ3n) is 3.40. The summed E-state index contributed by atoms with van der Waals surface area (Å²) in [7, 11) is 1.62. The summed E-state index contributed by atoms with van der Waals surface area (Å²) < 4.78 is 5.16. The van der Waals surface area contributed by atoms with Gasteiger partial charge in [-0.25, -0.2) is 0 Å². The molecule has 0 amide bonds. The Labute approximate surface area is 113 Å². The van der Waals surface area contributed by atoms with Crippen molar-refractivity contribution < 1.29 is 14.6 Å². The maximum atomic E-state index is 11.7. The summed E-state index contributed by atoms with van der Waals surface area (Å²) in [4.78, 5) is 13.7. The fraction of sp³-hybridized carbons (Fsp3) is 0.500. The van der Waals surface area contributed by atoms with E-state index < -0.39 is 12.0 Å². The van der Waals surface area contributed by atoms with E-state index in [2.05, 4.69) is 5.32 Å². The normalized spacial score (nSPS) is 18.2. The largest absolute Gasteiger partial charge is 0.480 e. The number of hydrogen-bond acceptors (Lipinski definition) is 4. The monoisotopic (exact) mass is 264 g/mol. The first-order chi connectivity index (χ1) is 9.24. The second kappa shape index (κ2) is 6.65. The lowest BCUT2D eigenvalue weighted by Gasteiger charge is -2.33. The summed E-state index contributed by atoms with van der Waals surface area (Å²) in [5.74, 6) is -0.801. The third-order valence-corrected chi connectivity index (χ3v) is 3.40. The summed E-state index contributed by atoms with van der Waals surface area (Å²) in [6, 6.07) is 7.02. The van der Waals surface area contributed by atoms with E-state index in [-0.39, 0.29) is 0 Å². The molecule has 1 aromatic carbocycles. The van der Waals surface area contributed by atoms with Crippen molar-refractivity contribution in [3.63, 3.8) is 0 Å². The van der Waals surface area contributed by atoms with Crippen molar-refractivity contribution in [1.82, 2.24) is 10.2 Å². The van der Waals surface area contributed by atoms with E-state index in [0.29, 0.717) is 6.61 Å². The number of benzene rings is 1. The molecule has 19 heavy (non-hydrogen) atoms. The van der Waals surface area contributed by atoms with Crippen LogP contribution in [0.25, 0.3) is 0 Å². The smallest absolute Gasteiger partial charge is 0.325 e. The molecule has 1 aromatic rings. The zero-order chi connectivity index (χ0) is 13.7. The van der Waals surface area contributed by atoms with Gasteiger partial charge >= 0.3 is 5.97 Å². The minimum atomic E-state index is -0.801. The van der Waals surface area contributed by atoms with Crippen LogP contribution in [-0.4, -0.2) is 49.3 Å². The molecule has 0 aromatic heterocycles. The number of rotatable bonds is 5. The first-order valence-electron chi connectivity index (χ1n) is 6.48. The molecule has 1 saturated heterocycles. The Bertz CT molecular complexity index is 430. The summed E-state index contributed by atoms with van der Waals surface area (Å²) >= 11 is 0. The van der Waals surface area contributed by atoms with Crippen molar-refractivity contribution in [3.8, 4) is 0 Å². The molecule has 2 rings (SSSR count). The fourth-order valence-electron chi connectivity index (χ4n) is 2.51. The van der Waals surface area contributed by atoms with Crippen LogP contribution < -0.4 is 5.32 Å². The van der Waals surface area contributed by atoms with Gasteiger partial charge in [0.1, 0.15) is 6.04 Å². The molecule has 1 aliphatic heterocycles. The topological polar surface area (TPSA) is 61.8 Å². The van der Waals surface area contributed by atoms with Gasteiger partial charge in [0.2, 0.25) is 0 Å². The molecule has 1 unspecified atom stereocenters. The Kier molecular flexibility index (Phi) is 4.90. The molecule has 2 N–H and O–H groups in total. The first kappa shape index (κ1) is 14.0. The summed E-state index contributed by atoms with van der Waals surface area (Å²) in [6.45, 7) is 3.59. The number of ether oxygens (including phenoxy) is 1. The average molecular weight is 264 g/mol. The van der Waals surface area contributed by atoms with Crippen LogP contribution in [-0.2, 0) is 16.1 Å². The quantitative estimate of drug-likeness (QED) is 0.826. The lowest BCUT2D eigenvalue weighted by atomic mass is 9.99. The maximum Gasteiger partial charge on any atom is 0.325 e. The summed E-state index contributed by atoms with van der Waals surface area (Å²) in [5, 5.41) is 12.8. The molecule has 0 radical (unpaired) electrons. The number of nitrogens with zero attached hydrogens (tertiary/aromatic N) is 1. The zero-order valence-corrected chi connectivity index (χ0v) is 11.1. The highest BCUT2D eigenvalue weighted by Crippen LogP contribution is 2.25. The third kappa shape index (κ3) is 3.32. The molecular formula is C14H20N2O3. The number of carbonyl (C=O) groups is 1. The minimum absolute atomic E-state index is 0.437. The fourth-order valence-corrected chi connectivity index (χ4v) is 2.51. The van der Waals surface area contributed by atoms with Gasteiger partial charge in [-0.1, -0.05) is 24.3 Å². The van der Waals surface area contributed by atoms with Crippen LogP contribution in [0, 0.1) is 0 Å². The van der Waals surface area contributed by atoms with Gasteiger partial charge in [0, 0.05) is 33.3 Å². The molecule has 1 fully saturated rings. The predicted octanol–water partition coefficient (Wildman–Crippen LogP) is 0.864. The first-order valence-corrected chi connectivity index (χ1v) is 6.48. The summed E-state index contributed by atoms with van der Waals surface area (Å²) in [6.07, 6.45) is 0. The van der Waals surface area contributed by atoms with Gasteiger partial charge in [0.05, 0.1) is 6.61 Å². The van der Waals surface area contributed by atoms with E-state index in [9.17, 15) is 9.90 Å². The number of aliphatic carboxylic acids is 1. The average Bonchev–Trinajstić information content (AvgIpc) is 2.42. The van der Waals surface area contributed by atoms with Gasteiger partial charge in [-0.2, -0.15) is 0 Å². The van der Waals surface area contributed by atoms with E-state index in [4.69, 9.17) is 4.74 Å². The lowest BCUT2D eigenvalue weighted by Crippen LogP contribution is -2.47. The number of nitrogens with one attached hydrogen (secondary N) is 1. The Morgan fingerprint density at radius 3 is 2.74 bits per heavy atom. The Morgan fingerprint density at radius 1 is 1.42 bits per heavy atom. The van der Waals surface area contributed by atoms with Gasteiger partial charge in [0.15, 0.2) is 0 Å². The summed E-state index contributed by atoms with van der Waals surface area (Å²) in [5.41, 5.74) is 1.77. The number of methoxy groups -OCH3 is 1. The minimum Gasteiger partial charge on any atom is -0.480 e. The highest BCUT2D eigenvalue weighted by molar-refractivity contribution is 5.76. The van der Waals surface area contributed by atoms with Crippen LogP contribution in [0.5, 0.6) is 0 Å². The molecule has 1 aliphatic rings. The van der Waals surface area contributed by atoms with Crippen LogP contribution in [0.4, 0.5) is 0 Å². The standard InChI is InChI=1S/C14H20N2O3/c1-19-10-11-4-2-3-5-12(11)13(14(17)18)16-8-6-15-7-9-16/h2-5,13,15H,6-10H2,1H3,(H,17,18). The van der Waals surface area contributed by atoms with Crippen LogP contribution in [0.2, 0.25) is 0 Å². The van der Waals surface area contributed by atoms with E-state index in [1.54, 1.807) is 7.11 Å². The molecule has 104 valence electrons. The van der Waals surface area contributed by atoms with Crippen molar-refractivity contribution in [2.24, 2.45) is 0 Å². The van der Waals surface area contributed by atoms with Crippen molar-refractivity contribution in [2.75, 3.05) is 33.3 Å². The van der Waals surface area contributed by atoms with Crippen LogP contribution >= 0.6 is 0 Å². The Hall–Kier alpha value is -1.43. The van der Waals surface area contributed by atoms with Crippen molar-refractivity contribution >= 4 is 5.97 Å². The number of carboxylic acids is 1. The van der Waals surface area contributed by atoms with Crippen LogP contribution in [0.1, 0.15) is 17.2 Å². The maximum absolute atomic E-state index is 11.7. The van der Waals surface area contributed by atoms with Crippen molar-refractivity contribution in [3.05, 3.63) is 35.4 Å². The van der Waals surface area contributed by atoms with E-state index in [1.807, 2.05) is 29.2 Å². The molecular weight excluding hydrogens is 244 g/mol. The molecule has 5 heteroatoms. The van der Waals surface area contributed by atoms with Crippen molar-refractivity contribution in [2.45, 2.75) is 12.6 Å². The van der Waals surface area contributed by atoms with Gasteiger partial charge < -0.3 is 15.2 Å². The highest BCUT2D eigenvalue weighted by Gasteiger charge is 2.29. The molecule has 1 heterocycles. The second-order valence-corrected chi connectivity index (χ2v) is 4.66.